The number of nitrogens with one attached hydrogen (secondary N) is 2. The zero-order chi connectivity index (χ0) is 18.4. The van der Waals surface area contributed by atoms with E-state index in [9.17, 15) is 4.79 Å². The van der Waals surface area contributed by atoms with Crippen molar-refractivity contribution in [1.29, 1.82) is 0 Å². The summed E-state index contributed by atoms with van der Waals surface area (Å²) >= 11 is 1.50. The Morgan fingerprint density at radius 2 is 2.08 bits per heavy atom. The topological polar surface area (TPSA) is 68.0 Å². The van der Waals surface area contributed by atoms with Crippen molar-refractivity contribution < 1.29 is 14.4 Å². The average molecular weight is 374 g/mol. The van der Waals surface area contributed by atoms with E-state index in [4.69, 9.17) is 4.74 Å². The zero-order valence-electron chi connectivity index (χ0n) is 15.2. The third kappa shape index (κ3) is 4.97. The smallest absolute Gasteiger partial charge is 0.246 e. The van der Waals surface area contributed by atoms with E-state index in [2.05, 4.69) is 27.6 Å². The van der Waals surface area contributed by atoms with Gasteiger partial charge in [0.1, 0.15) is 18.1 Å². The maximum Gasteiger partial charge on any atom is 0.246 e. The van der Waals surface area contributed by atoms with E-state index in [1.807, 2.05) is 37.4 Å². The molecule has 3 rings (SSSR count). The van der Waals surface area contributed by atoms with Gasteiger partial charge in [0, 0.05) is 16.6 Å². The number of aromatic nitrogens is 1. The van der Waals surface area contributed by atoms with Crippen molar-refractivity contribution in [3.63, 3.8) is 0 Å². The number of morpholine rings is 1. The van der Waals surface area contributed by atoms with E-state index in [0.29, 0.717) is 0 Å². The van der Waals surface area contributed by atoms with Crippen LogP contribution >= 0.6 is 11.3 Å². The Bertz CT molecular complexity index is 754. The maximum absolute atomic E-state index is 12.2. The number of nitrogens with zero attached hydrogens (tertiary/aromatic N) is 2. The van der Waals surface area contributed by atoms with Crippen LogP contribution in [-0.4, -0.2) is 42.9 Å². The number of aryl methyl sites for hydroxylation is 1. The minimum absolute atomic E-state index is 0.113. The monoisotopic (exact) mass is 373 g/mol. The maximum atomic E-state index is 12.2. The highest BCUT2D eigenvalue weighted by Gasteiger charge is 2.29. The predicted octanol–water partition coefficient (Wildman–Crippen LogP) is 1.14. The van der Waals surface area contributed by atoms with Crippen LogP contribution in [0.4, 0.5) is 0 Å². The average Bonchev–Trinajstić information content (AvgIpc) is 3.07. The second-order valence-electron chi connectivity index (χ2n) is 6.46. The molecule has 1 amide bonds. The lowest BCUT2D eigenvalue weighted by Gasteiger charge is -2.31. The normalized spacial score (nSPS) is 17.1. The van der Waals surface area contributed by atoms with Crippen molar-refractivity contribution in [2.24, 2.45) is 5.10 Å². The summed E-state index contributed by atoms with van der Waals surface area (Å²) in [5.74, 6) is -0.137. The van der Waals surface area contributed by atoms with Crippen molar-refractivity contribution in [2.75, 3.05) is 26.3 Å². The minimum Gasteiger partial charge on any atom is -0.370 e. The van der Waals surface area contributed by atoms with Gasteiger partial charge in [0.05, 0.1) is 25.3 Å². The quantitative estimate of drug-likeness (QED) is 0.589. The van der Waals surface area contributed by atoms with Crippen LogP contribution in [0.5, 0.6) is 0 Å². The number of carbonyl (C=O) groups is 1. The molecular weight excluding hydrogens is 348 g/mol. The molecule has 0 aliphatic carbocycles. The highest BCUT2D eigenvalue weighted by molar-refractivity contribution is 7.09. The third-order valence-corrected chi connectivity index (χ3v) is 5.40. The number of rotatable bonds is 6. The number of carbonyl (C=O) groups excluding carboxylic acids is 1. The molecule has 138 valence electrons. The lowest BCUT2D eigenvalue weighted by molar-refractivity contribution is -0.928. The highest BCUT2D eigenvalue weighted by atomic mass is 32.1. The number of ether oxygens (including phenoxy) is 1. The molecule has 1 aliphatic rings. The van der Waals surface area contributed by atoms with E-state index in [0.717, 1.165) is 42.7 Å². The summed E-state index contributed by atoms with van der Waals surface area (Å²) in [6.45, 7) is 7.27. The first-order valence-electron chi connectivity index (χ1n) is 8.85. The van der Waals surface area contributed by atoms with Crippen LogP contribution in [0.2, 0.25) is 0 Å². The summed E-state index contributed by atoms with van der Waals surface area (Å²) in [5, 5.41) is 7.17. The van der Waals surface area contributed by atoms with Crippen LogP contribution in [0.15, 0.2) is 40.8 Å². The molecule has 7 heteroatoms. The molecule has 1 atom stereocenters. The number of hydrogen-bond donors (Lipinski definition) is 2. The van der Waals surface area contributed by atoms with E-state index in [-0.39, 0.29) is 18.4 Å². The van der Waals surface area contributed by atoms with E-state index >= 15 is 0 Å². The van der Waals surface area contributed by atoms with Gasteiger partial charge in [-0.2, -0.15) is 5.10 Å². The SMILES string of the molecule is C/C(=N/NC(=O)Cc1nc(C)cs1)[C@@H](c1ccccc1)[NH+]1CCOCC1. The number of quaternary nitrogens is 1. The fourth-order valence-electron chi connectivity index (χ4n) is 3.22. The largest absolute Gasteiger partial charge is 0.370 e. The molecule has 0 saturated carbocycles. The molecule has 1 aromatic heterocycles. The molecule has 1 saturated heterocycles. The van der Waals surface area contributed by atoms with Gasteiger partial charge in [-0.05, 0) is 13.8 Å². The number of thiazole rings is 1. The Kier molecular flexibility index (Phi) is 6.49. The molecule has 6 nitrogen and oxygen atoms in total. The first-order chi connectivity index (χ1) is 12.6. The Labute approximate surface area is 157 Å². The fraction of sp³-hybridized carbons (Fsp3) is 0.421. The van der Waals surface area contributed by atoms with Crippen LogP contribution in [0.1, 0.15) is 29.2 Å². The molecule has 0 unspecified atom stereocenters. The summed E-state index contributed by atoms with van der Waals surface area (Å²) in [6.07, 6.45) is 0.260. The molecule has 2 aromatic rings. The van der Waals surface area contributed by atoms with Gasteiger partial charge in [-0.25, -0.2) is 10.4 Å². The summed E-state index contributed by atoms with van der Waals surface area (Å²) in [5.41, 5.74) is 5.75. The van der Waals surface area contributed by atoms with Gasteiger partial charge in [-0.15, -0.1) is 11.3 Å². The van der Waals surface area contributed by atoms with Gasteiger partial charge < -0.3 is 9.64 Å². The van der Waals surface area contributed by atoms with Crippen molar-refractivity contribution in [3.8, 4) is 0 Å². The second-order valence-corrected chi connectivity index (χ2v) is 7.40. The third-order valence-electron chi connectivity index (χ3n) is 4.43. The van der Waals surface area contributed by atoms with Crippen molar-refractivity contribution >= 4 is 23.0 Å². The van der Waals surface area contributed by atoms with E-state index in [1.165, 1.54) is 21.8 Å². The van der Waals surface area contributed by atoms with Crippen LogP contribution in [0.3, 0.4) is 0 Å². The summed E-state index contributed by atoms with van der Waals surface area (Å²) in [7, 11) is 0. The van der Waals surface area contributed by atoms with Crippen molar-refractivity contribution in [2.45, 2.75) is 26.3 Å². The molecule has 2 heterocycles. The van der Waals surface area contributed by atoms with Gasteiger partial charge in [-0.3, -0.25) is 4.79 Å². The molecule has 1 aromatic carbocycles. The van der Waals surface area contributed by atoms with Crippen molar-refractivity contribution in [3.05, 3.63) is 52.0 Å². The highest BCUT2D eigenvalue weighted by Crippen LogP contribution is 2.12. The lowest BCUT2D eigenvalue weighted by Crippen LogP contribution is -3.15. The summed E-state index contributed by atoms with van der Waals surface area (Å²) in [6, 6.07) is 10.4. The van der Waals surface area contributed by atoms with Gasteiger partial charge in [0.25, 0.3) is 0 Å². The van der Waals surface area contributed by atoms with Gasteiger partial charge in [0.2, 0.25) is 5.91 Å². The van der Waals surface area contributed by atoms with Crippen LogP contribution in [-0.2, 0) is 16.0 Å². The molecule has 0 radical (unpaired) electrons. The zero-order valence-corrected chi connectivity index (χ0v) is 16.0. The van der Waals surface area contributed by atoms with E-state index in [1.54, 1.807) is 0 Å². The second kappa shape index (κ2) is 9.02. The molecule has 0 bridgehead atoms. The first-order valence-corrected chi connectivity index (χ1v) is 9.72. The Hall–Kier alpha value is -2.09. The molecular formula is C19H25N4O2S+. The van der Waals surface area contributed by atoms with Crippen LogP contribution < -0.4 is 10.3 Å². The summed E-state index contributed by atoms with van der Waals surface area (Å²) < 4.78 is 5.50. The molecule has 26 heavy (non-hydrogen) atoms. The number of benzene rings is 1. The predicted molar refractivity (Wildman–Crippen MR) is 103 cm³/mol. The van der Waals surface area contributed by atoms with Gasteiger partial charge in [-0.1, -0.05) is 30.3 Å². The van der Waals surface area contributed by atoms with Crippen molar-refractivity contribution in [1.82, 2.24) is 10.4 Å². The molecule has 1 aliphatic heterocycles. The standard InChI is InChI=1S/C19H24N4O2S/c1-14-13-26-18(20-14)12-17(24)22-21-15(2)19(16-6-4-3-5-7-16)23-8-10-25-11-9-23/h3-7,13,19H,8-12H2,1-2H3,(H,22,24)/p+1/b21-15-/t19-/m0/s1. The minimum atomic E-state index is -0.137. The number of amides is 1. The lowest BCUT2D eigenvalue weighted by atomic mass is 10.0. The molecule has 1 fully saturated rings. The Morgan fingerprint density at radius 1 is 1.35 bits per heavy atom. The Morgan fingerprint density at radius 3 is 2.73 bits per heavy atom. The number of hydrazone groups is 1. The summed E-state index contributed by atoms with van der Waals surface area (Å²) in [4.78, 5) is 17.9. The fourth-order valence-corrected chi connectivity index (χ4v) is 3.99. The van der Waals surface area contributed by atoms with Crippen LogP contribution in [0.25, 0.3) is 0 Å². The van der Waals surface area contributed by atoms with E-state index < -0.39 is 0 Å². The first kappa shape index (κ1) is 18.7. The molecule has 0 spiro atoms. The van der Waals surface area contributed by atoms with Gasteiger partial charge in [0.15, 0.2) is 6.04 Å². The molecule has 2 N–H and O–H groups in total. The Balaban J connectivity index is 1.70. The van der Waals surface area contributed by atoms with Crippen LogP contribution in [0, 0.1) is 6.92 Å². The van der Waals surface area contributed by atoms with Gasteiger partial charge >= 0.3 is 0 Å². The number of hydrogen-bond acceptors (Lipinski definition) is 5.